The van der Waals surface area contributed by atoms with Crippen molar-refractivity contribution in [1.82, 2.24) is 0 Å². The molecule has 2 atom stereocenters. The lowest BCUT2D eigenvalue weighted by Gasteiger charge is -2.18. The molecule has 1 unspecified atom stereocenters. The maximum absolute atomic E-state index is 12.4. The van der Waals surface area contributed by atoms with Crippen LogP contribution in [0.25, 0.3) is 0 Å². The fourth-order valence-electron chi connectivity index (χ4n) is 5.27. The molecule has 3 N–H and O–H groups in total. The quantitative estimate of drug-likeness (QED) is 0.0195. The number of aliphatic hydroxyl groups excluding tert-OH is 1. The fourth-order valence-corrected chi connectivity index (χ4v) is 5.63. The van der Waals surface area contributed by atoms with Crippen LogP contribution in [0.15, 0.2) is 36.5 Å². The molecule has 0 aliphatic rings. The van der Waals surface area contributed by atoms with E-state index in [1.165, 1.54) is 83.5 Å². The summed E-state index contributed by atoms with van der Waals surface area (Å²) in [5, 5.41) is 10.2. The lowest BCUT2D eigenvalue weighted by molar-refractivity contribution is -0.161. The van der Waals surface area contributed by atoms with E-state index in [1.807, 2.05) is 12.2 Å². The van der Waals surface area contributed by atoms with Gasteiger partial charge in [-0.1, -0.05) is 154 Å². The van der Waals surface area contributed by atoms with Crippen molar-refractivity contribution in [2.45, 2.75) is 181 Å². The molecule has 0 saturated carbocycles. The van der Waals surface area contributed by atoms with Crippen LogP contribution in [0.1, 0.15) is 168 Å². The molecule has 0 radical (unpaired) electrons. The third-order valence-electron chi connectivity index (χ3n) is 8.19. The number of phosphoric acid groups is 1. The molecule has 0 rings (SSSR count). The third kappa shape index (κ3) is 37.3. The van der Waals surface area contributed by atoms with Gasteiger partial charge in [0.25, 0.3) is 0 Å². The fraction of sp³-hybridized carbons (Fsp3) is 0.795. The third-order valence-corrected chi connectivity index (χ3v) is 8.68. The Morgan fingerprint density at radius 1 is 0.673 bits per heavy atom. The summed E-state index contributed by atoms with van der Waals surface area (Å²) in [7, 11) is -4.80. The molecular formula is C39H71O9P. The first kappa shape index (κ1) is 47.2. The summed E-state index contributed by atoms with van der Waals surface area (Å²) in [6.07, 6.45) is 33.4. The number of carbonyl (C=O) groups excluding carboxylic acids is 2. The molecule has 0 aromatic heterocycles. The average Bonchev–Trinajstić information content (AvgIpc) is 3.04. The second-order valence-corrected chi connectivity index (χ2v) is 14.8. The number of hydrogen-bond donors (Lipinski definition) is 3. The first-order valence-corrected chi connectivity index (χ1v) is 20.8. The summed E-state index contributed by atoms with van der Waals surface area (Å²) >= 11 is 0. The molecule has 0 fully saturated rings. The van der Waals surface area contributed by atoms with Gasteiger partial charge >= 0.3 is 19.8 Å². The standard InChI is InChI=1S/C39H71O9P/c1-4-5-6-7-8-9-10-11-12-16-19-22-25-29-36(40)30-27-32-39(42)48-37(34-47-49(43,44)45)33-46-38(41)31-26-23-20-17-14-13-15-18-21-24-28-35(2)3/h11-12,19,22,25,29,35-37,40H,4-10,13-18,20-21,23-24,26-28,30-34H2,1-3H3,(H2,43,44,45)/b12-11+,22-19+,29-25+/t36?,37-/m1/s1. The average molecular weight is 715 g/mol. The highest BCUT2D eigenvalue weighted by atomic mass is 31.2. The van der Waals surface area contributed by atoms with E-state index in [9.17, 15) is 19.3 Å². The number of aliphatic hydroxyl groups is 1. The van der Waals surface area contributed by atoms with Gasteiger partial charge in [-0.05, 0) is 44.4 Å². The van der Waals surface area contributed by atoms with E-state index in [2.05, 4.69) is 37.4 Å². The monoisotopic (exact) mass is 714 g/mol. The van der Waals surface area contributed by atoms with E-state index < -0.39 is 38.6 Å². The van der Waals surface area contributed by atoms with Gasteiger partial charge in [-0.15, -0.1) is 0 Å². The van der Waals surface area contributed by atoms with Crippen LogP contribution >= 0.6 is 7.82 Å². The van der Waals surface area contributed by atoms with Crippen molar-refractivity contribution in [1.29, 1.82) is 0 Å². The molecule has 0 aromatic rings. The van der Waals surface area contributed by atoms with Crippen LogP contribution in [0.2, 0.25) is 0 Å². The largest absolute Gasteiger partial charge is 0.469 e. The zero-order valence-electron chi connectivity index (χ0n) is 31.1. The van der Waals surface area contributed by atoms with Crippen molar-refractivity contribution < 1.29 is 43.0 Å². The Morgan fingerprint density at radius 3 is 1.90 bits per heavy atom. The second-order valence-electron chi connectivity index (χ2n) is 13.6. The molecule has 0 aromatic carbocycles. The van der Waals surface area contributed by atoms with Crippen molar-refractivity contribution in [2.75, 3.05) is 13.2 Å². The molecule has 0 heterocycles. The van der Waals surface area contributed by atoms with Gasteiger partial charge in [0.15, 0.2) is 6.10 Å². The molecule has 0 amide bonds. The first-order chi connectivity index (χ1) is 23.5. The van der Waals surface area contributed by atoms with Crippen LogP contribution in [0, 0.1) is 5.92 Å². The summed E-state index contributed by atoms with van der Waals surface area (Å²) in [4.78, 5) is 42.7. The van der Waals surface area contributed by atoms with E-state index in [4.69, 9.17) is 19.3 Å². The lowest BCUT2D eigenvalue weighted by Crippen LogP contribution is -2.29. The van der Waals surface area contributed by atoms with Crippen LogP contribution in [0.3, 0.4) is 0 Å². The molecule has 0 aliphatic heterocycles. The van der Waals surface area contributed by atoms with E-state index in [1.54, 1.807) is 12.2 Å². The maximum atomic E-state index is 12.4. The highest BCUT2D eigenvalue weighted by molar-refractivity contribution is 7.46. The van der Waals surface area contributed by atoms with E-state index >= 15 is 0 Å². The van der Waals surface area contributed by atoms with Gasteiger partial charge in [0.05, 0.1) is 12.7 Å². The number of hydrogen-bond acceptors (Lipinski definition) is 7. The highest BCUT2D eigenvalue weighted by Crippen LogP contribution is 2.36. The van der Waals surface area contributed by atoms with Crippen LogP contribution in [-0.4, -0.2) is 52.3 Å². The van der Waals surface area contributed by atoms with Crippen molar-refractivity contribution in [3.8, 4) is 0 Å². The van der Waals surface area contributed by atoms with Crippen LogP contribution in [0.4, 0.5) is 0 Å². The zero-order chi connectivity index (χ0) is 36.4. The number of unbranched alkanes of at least 4 members (excludes halogenated alkanes) is 15. The molecule has 0 bridgehead atoms. The minimum atomic E-state index is -4.80. The normalized spacial score (nSPS) is 13.6. The number of allylic oxidation sites excluding steroid dienone is 5. The minimum absolute atomic E-state index is 0.0113. The molecule has 10 heteroatoms. The van der Waals surface area contributed by atoms with Crippen molar-refractivity contribution in [3.63, 3.8) is 0 Å². The van der Waals surface area contributed by atoms with E-state index in [0.717, 1.165) is 38.0 Å². The van der Waals surface area contributed by atoms with Crippen LogP contribution in [-0.2, 0) is 28.2 Å². The summed E-state index contributed by atoms with van der Waals surface area (Å²) in [5.41, 5.74) is 0. The zero-order valence-corrected chi connectivity index (χ0v) is 32.0. The molecule has 0 spiro atoms. The minimum Gasteiger partial charge on any atom is -0.462 e. The molecular weight excluding hydrogens is 643 g/mol. The van der Waals surface area contributed by atoms with Gasteiger partial charge in [0, 0.05) is 12.8 Å². The van der Waals surface area contributed by atoms with Crippen LogP contribution < -0.4 is 0 Å². The predicted molar refractivity (Wildman–Crippen MR) is 199 cm³/mol. The number of rotatable bonds is 34. The summed E-state index contributed by atoms with van der Waals surface area (Å²) in [5.74, 6) is -0.292. The smallest absolute Gasteiger partial charge is 0.462 e. The number of phosphoric ester groups is 1. The lowest BCUT2D eigenvalue weighted by atomic mass is 10.0. The Bertz CT molecular complexity index is 925. The molecule has 9 nitrogen and oxygen atoms in total. The van der Waals surface area contributed by atoms with Gasteiger partial charge in [-0.3, -0.25) is 14.1 Å². The Kier molecular flexibility index (Phi) is 32.2. The topological polar surface area (TPSA) is 140 Å². The Balaban J connectivity index is 4.17. The van der Waals surface area contributed by atoms with Gasteiger partial charge in [-0.25, -0.2) is 4.57 Å². The second kappa shape index (κ2) is 33.4. The summed E-state index contributed by atoms with van der Waals surface area (Å²) in [6.45, 7) is 5.81. The molecule has 49 heavy (non-hydrogen) atoms. The molecule has 0 saturated heterocycles. The summed E-state index contributed by atoms with van der Waals surface area (Å²) < 4.78 is 26.2. The maximum Gasteiger partial charge on any atom is 0.469 e. The Labute approximate surface area is 298 Å². The number of carbonyl (C=O) groups is 2. The van der Waals surface area contributed by atoms with Crippen LogP contribution in [0.5, 0.6) is 0 Å². The highest BCUT2D eigenvalue weighted by Gasteiger charge is 2.23. The van der Waals surface area contributed by atoms with Crippen molar-refractivity contribution in [3.05, 3.63) is 36.5 Å². The van der Waals surface area contributed by atoms with E-state index in [0.29, 0.717) is 19.3 Å². The van der Waals surface area contributed by atoms with Gasteiger partial charge in [-0.2, -0.15) is 0 Å². The van der Waals surface area contributed by atoms with Gasteiger partial charge in [0.2, 0.25) is 0 Å². The van der Waals surface area contributed by atoms with Crippen molar-refractivity contribution in [2.24, 2.45) is 5.92 Å². The first-order valence-electron chi connectivity index (χ1n) is 19.2. The number of esters is 2. The summed E-state index contributed by atoms with van der Waals surface area (Å²) in [6, 6.07) is 0. The van der Waals surface area contributed by atoms with Crippen molar-refractivity contribution >= 4 is 19.8 Å². The van der Waals surface area contributed by atoms with E-state index in [-0.39, 0.29) is 19.4 Å². The Hall–Kier alpha value is -1.77. The molecule has 286 valence electrons. The molecule has 0 aliphatic carbocycles. The van der Waals surface area contributed by atoms with Gasteiger partial charge < -0.3 is 24.4 Å². The number of ether oxygens (including phenoxy) is 2. The Morgan fingerprint density at radius 2 is 1.27 bits per heavy atom. The SMILES string of the molecule is CCCCCCCC/C=C/C/C=C/C=C/C(O)CCCC(=O)O[C@H](COC(=O)CCCCCCCCCCCCC(C)C)COP(=O)(O)O. The predicted octanol–water partition coefficient (Wildman–Crippen LogP) is 10.2. The van der Waals surface area contributed by atoms with Gasteiger partial charge in [0.1, 0.15) is 6.61 Å².